The Kier molecular flexibility index (Phi) is 10.9. The number of hydrogen-bond acceptors (Lipinski definition) is 5. The molecule has 8 heteroatoms. The highest BCUT2D eigenvalue weighted by molar-refractivity contribution is 6.27. The van der Waals surface area contributed by atoms with Gasteiger partial charge >= 0.3 is 11.9 Å². The number of carboxylic acids is 2. The van der Waals surface area contributed by atoms with Crippen molar-refractivity contribution in [2.24, 2.45) is 0 Å². The van der Waals surface area contributed by atoms with E-state index < -0.39 is 11.9 Å². The third-order valence-corrected chi connectivity index (χ3v) is 3.39. The third kappa shape index (κ3) is 8.59. The molecule has 0 aromatic heterocycles. The van der Waals surface area contributed by atoms with Crippen molar-refractivity contribution < 1.29 is 29.7 Å². The lowest BCUT2D eigenvalue weighted by Crippen LogP contribution is -2.30. The summed E-state index contributed by atoms with van der Waals surface area (Å²) < 4.78 is 0. The van der Waals surface area contributed by atoms with Gasteiger partial charge in [-0.25, -0.2) is 9.59 Å². The molecular weight excluding hydrogens is 340 g/mol. The zero-order valence-corrected chi connectivity index (χ0v) is 15.6. The van der Waals surface area contributed by atoms with Crippen molar-refractivity contribution in [3.8, 4) is 0 Å². The van der Waals surface area contributed by atoms with Crippen LogP contribution in [0.1, 0.15) is 50.7 Å². The minimum atomic E-state index is -1.82. The lowest BCUT2D eigenvalue weighted by atomic mass is 9.92. The molecule has 0 unspecified atom stereocenters. The first-order valence-electron chi connectivity index (χ1n) is 8.32. The van der Waals surface area contributed by atoms with E-state index in [-0.39, 0.29) is 19.1 Å². The van der Waals surface area contributed by atoms with E-state index in [0.29, 0.717) is 18.4 Å². The highest BCUT2D eigenvalue weighted by Gasteiger charge is 2.15. The average Bonchev–Trinajstić information content (AvgIpc) is 2.55. The predicted molar refractivity (Wildman–Crippen MR) is 98.5 cm³/mol. The topological polar surface area (TPSA) is 136 Å². The Morgan fingerprint density at radius 2 is 1.42 bits per heavy atom. The normalized spacial score (nSPS) is 10.3. The number of para-hydroxylation sites is 1. The number of carbonyl (C=O) groups excluding carboxylic acids is 1. The maximum Gasteiger partial charge on any atom is 0.414 e. The van der Waals surface area contributed by atoms with Gasteiger partial charge in [-0.3, -0.25) is 4.79 Å². The molecule has 5 N–H and O–H groups in total. The van der Waals surface area contributed by atoms with Crippen LogP contribution in [0.4, 0.5) is 5.69 Å². The summed E-state index contributed by atoms with van der Waals surface area (Å²) in [5.41, 5.74) is 3.26. The van der Waals surface area contributed by atoms with Crippen molar-refractivity contribution in [3.05, 3.63) is 29.3 Å². The van der Waals surface area contributed by atoms with Gasteiger partial charge in [0.2, 0.25) is 5.91 Å². The van der Waals surface area contributed by atoms with Crippen molar-refractivity contribution in [1.82, 2.24) is 5.32 Å². The molecule has 1 aromatic carbocycles. The van der Waals surface area contributed by atoms with Gasteiger partial charge in [-0.05, 0) is 23.0 Å². The van der Waals surface area contributed by atoms with Crippen molar-refractivity contribution in [3.63, 3.8) is 0 Å². The van der Waals surface area contributed by atoms with E-state index in [4.69, 9.17) is 24.9 Å². The lowest BCUT2D eigenvalue weighted by molar-refractivity contribution is -0.159. The largest absolute Gasteiger partial charge is 0.473 e. The second kappa shape index (κ2) is 12.0. The summed E-state index contributed by atoms with van der Waals surface area (Å²) in [6, 6.07) is 6.17. The molecule has 146 valence electrons. The first-order chi connectivity index (χ1) is 12.1. The number of amides is 1. The third-order valence-electron chi connectivity index (χ3n) is 3.39. The molecule has 1 aromatic rings. The van der Waals surface area contributed by atoms with Crippen LogP contribution < -0.4 is 10.6 Å². The summed E-state index contributed by atoms with van der Waals surface area (Å²) >= 11 is 0. The Bertz CT molecular complexity index is 575. The number of hydrogen-bond donors (Lipinski definition) is 5. The van der Waals surface area contributed by atoms with Crippen molar-refractivity contribution in [1.29, 1.82) is 0 Å². The highest BCUT2D eigenvalue weighted by atomic mass is 16.4. The Balaban J connectivity index is 0.000000896. The molecule has 0 atom stereocenters. The molecule has 0 aliphatic heterocycles. The van der Waals surface area contributed by atoms with Crippen LogP contribution in [0.3, 0.4) is 0 Å². The number of anilines is 1. The molecule has 0 heterocycles. The molecule has 0 bridgehead atoms. The van der Waals surface area contributed by atoms with Crippen molar-refractivity contribution in [2.45, 2.75) is 39.5 Å². The zero-order chi connectivity index (χ0) is 20.3. The SMILES string of the molecule is CC(C)c1cccc(C(C)C)c1NC(=O)CNCCO.O=C(O)C(=O)O. The van der Waals surface area contributed by atoms with Crippen LogP contribution in [-0.2, 0) is 14.4 Å². The molecule has 8 nitrogen and oxygen atoms in total. The Morgan fingerprint density at radius 3 is 1.77 bits per heavy atom. The minimum absolute atomic E-state index is 0.0348. The van der Waals surface area contributed by atoms with Crippen LogP contribution in [0.5, 0.6) is 0 Å². The van der Waals surface area contributed by atoms with Crippen molar-refractivity contribution >= 4 is 23.5 Å². The van der Waals surface area contributed by atoms with Gasteiger partial charge in [0.1, 0.15) is 0 Å². The monoisotopic (exact) mass is 368 g/mol. The lowest BCUT2D eigenvalue weighted by Gasteiger charge is -2.20. The van der Waals surface area contributed by atoms with Gasteiger partial charge in [0.25, 0.3) is 0 Å². The smallest absolute Gasteiger partial charge is 0.414 e. The van der Waals surface area contributed by atoms with E-state index in [1.165, 1.54) is 0 Å². The molecule has 1 rings (SSSR count). The van der Waals surface area contributed by atoms with Gasteiger partial charge in [0.15, 0.2) is 0 Å². The van der Waals surface area contributed by atoms with Crippen LogP contribution >= 0.6 is 0 Å². The number of carboxylic acid groups (broad SMARTS) is 2. The maximum atomic E-state index is 12.0. The Hall–Kier alpha value is -2.45. The number of nitrogens with one attached hydrogen (secondary N) is 2. The Labute approximate surface area is 153 Å². The number of carbonyl (C=O) groups is 3. The van der Waals surface area contributed by atoms with Gasteiger partial charge in [0.05, 0.1) is 13.2 Å². The second-order valence-corrected chi connectivity index (χ2v) is 6.18. The van der Waals surface area contributed by atoms with Gasteiger partial charge in [-0.1, -0.05) is 45.9 Å². The quantitative estimate of drug-likeness (QED) is 0.364. The van der Waals surface area contributed by atoms with E-state index in [1.807, 2.05) is 6.07 Å². The molecule has 0 saturated heterocycles. The summed E-state index contributed by atoms with van der Waals surface area (Å²) in [4.78, 5) is 30.2. The molecule has 0 spiro atoms. The van der Waals surface area contributed by atoms with E-state index >= 15 is 0 Å². The molecule has 0 aliphatic rings. The van der Waals surface area contributed by atoms with E-state index in [2.05, 4.69) is 50.5 Å². The van der Waals surface area contributed by atoms with Crippen LogP contribution in [0.15, 0.2) is 18.2 Å². The van der Waals surface area contributed by atoms with Gasteiger partial charge in [0, 0.05) is 12.2 Å². The molecule has 0 fully saturated rings. The van der Waals surface area contributed by atoms with Crippen LogP contribution in [0, 0.1) is 0 Å². The van der Waals surface area contributed by atoms with Crippen molar-refractivity contribution in [2.75, 3.05) is 25.0 Å². The number of rotatable bonds is 7. The summed E-state index contributed by atoms with van der Waals surface area (Å²) in [6.07, 6.45) is 0. The summed E-state index contributed by atoms with van der Waals surface area (Å²) in [5.74, 6) is -3.01. The molecule has 0 saturated carbocycles. The predicted octanol–water partition coefficient (Wildman–Crippen LogP) is 1.61. The van der Waals surface area contributed by atoms with E-state index in [0.717, 1.165) is 16.8 Å². The van der Waals surface area contributed by atoms with Gasteiger partial charge in [-0.2, -0.15) is 0 Å². The van der Waals surface area contributed by atoms with Crippen LogP contribution in [-0.4, -0.2) is 52.9 Å². The number of aliphatic hydroxyl groups excluding tert-OH is 1. The molecule has 0 aliphatic carbocycles. The fourth-order valence-electron chi connectivity index (χ4n) is 2.16. The number of benzene rings is 1. The van der Waals surface area contributed by atoms with Gasteiger partial charge < -0.3 is 26.0 Å². The van der Waals surface area contributed by atoms with Crippen LogP contribution in [0.25, 0.3) is 0 Å². The standard InChI is InChI=1S/C16H26N2O2.C2H2O4/c1-11(2)13-6-5-7-14(12(3)4)16(13)18-15(20)10-17-8-9-19;3-1(4)2(5)6/h5-7,11-12,17,19H,8-10H2,1-4H3,(H,18,20);(H,3,4)(H,5,6). The summed E-state index contributed by atoms with van der Waals surface area (Å²) in [6.45, 7) is 9.17. The molecular formula is C18H28N2O6. The molecule has 0 radical (unpaired) electrons. The first-order valence-corrected chi connectivity index (χ1v) is 8.32. The zero-order valence-electron chi connectivity index (χ0n) is 15.6. The highest BCUT2D eigenvalue weighted by Crippen LogP contribution is 2.32. The van der Waals surface area contributed by atoms with Gasteiger partial charge in [-0.15, -0.1) is 0 Å². The summed E-state index contributed by atoms with van der Waals surface area (Å²) in [5, 5.41) is 29.4. The fraction of sp³-hybridized carbons (Fsp3) is 0.500. The number of aliphatic hydroxyl groups is 1. The maximum absolute atomic E-state index is 12.0. The Morgan fingerprint density at radius 1 is 0.962 bits per heavy atom. The minimum Gasteiger partial charge on any atom is -0.473 e. The first kappa shape index (κ1) is 23.5. The van der Waals surface area contributed by atoms with Crippen LogP contribution in [0.2, 0.25) is 0 Å². The average molecular weight is 368 g/mol. The number of aliphatic carboxylic acids is 2. The molecule has 26 heavy (non-hydrogen) atoms. The second-order valence-electron chi connectivity index (χ2n) is 6.18. The van der Waals surface area contributed by atoms with E-state index in [9.17, 15) is 4.79 Å². The fourth-order valence-corrected chi connectivity index (χ4v) is 2.16. The molecule has 1 amide bonds. The summed E-state index contributed by atoms with van der Waals surface area (Å²) in [7, 11) is 0. The van der Waals surface area contributed by atoms with E-state index in [1.54, 1.807) is 0 Å².